The van der Waals surface area contributed by atoms with Crippen LogP contribution in [0, 0.1) is 16.0 Å². The Balaban J connectivity index is 0.00000144. The third kappa shape index (κ3) is 2.41. The van der Waals surface area contributed by atoms with Gasteiger partial charge in [0, 0.05) is 43.4 Å². The van der Waals surface area contributed by atoms with E-state index in [4.69, 9.17) is 0 Å². The highest BCUT2D eigenvalue weighted by Gasteiger charge is 2.41. The number of nitro groups is 1. The van der Waals surface area contributed by atoms with E-state index >= 15 is 0 Å². The van der Waals surface area contributed by atoms with Gasteiger partial charge in [-0.1, -0.05) is 6.07 Å². The molecule has 1 saturated carbocycles. The Kier molecular flexibility index (Phi) is 3.72. The van der Waals surface area contributed by atoms with Gasteiger partial charge in [0.15, 0.2) is 0 Å². The predicted molar refractivity (Wildman–Crippen MR) is 84.5 cm³/mol. The molecule has 0 radical (unpaired) electrons. The molecular weight excluding hydrogens is 306 g/mol. The van der Waals surface area contributed by atoms with Gasteiger partial charge in [0.2, 0.25) is 5.91 Å². The van der Waals surface area contributed by atoms with E-state index < -0.39 is 0 Å². The van der Waals surface area contributed by atoms with Crippen LogP contribution in [-0.4, -0.2) is 41.4 Å². The van der Waals surface area contributed by atoms with Gasteiger partial charge in [0.05, 0.1) is 11.0 Å². The molecule has 1 unspecified atom stereocenters. The number of carbonyl (C=O) groups excluding carboxylic acids is 1. The lowest BCUT2D eigenvalue weighted by Crippen LogP contribution is -2.58. The summed E-state index contributed by atoms with van der Waals surface area (Å²) in [5.41, 5.74) is 2.23. The van der Waals surface area contributed by atoms with Crippen LogP contribution in [0.3, 0.4) is 0 Å². The van der Waals surface area contributed by atoms with Gasteiger partial charge in [-0.3, -0.25) is 14.9 Å². The fourth-order valence-electron chi connectivity index (χ4n) is 3.49. The average Bonchev–Trinajstić information content (AvgIpc) is 3.31. The van der Waals surface area contributed by atoms with Gasteiger partial charge in [-0.05, 0) is 24.8 Å². The predicted octanol–water partition coefficient (Wildman–Crippen LogP) is 2.00. The van der Waals surface area contributed by atoms with Crippen molar-refractivity contribution >= 4 is 29.7 Å². The summed E-state index contributed by atoms with van der Waals surface area (Å²) < 4.78 is 0. The van der Waals surface area contributed by atoms with Gasteiger partial charge in [-0.15, -0.1) is 12.4 Å². The maximum Gasteiger partial charge on any atom is 0.271 e. The molecule has 1 aliphatic carbocycles. The number of nitro benzene ring substituents is 1. The van der Waals surface area contributed by atoms with E-state index in [9.17, 15) is 14.9 Å². The first-order valence-corrected chi connectivity index (χ1v) is 7.46. The highest BCUT2D eigenvalue weighted by molar-refractivity contribution is 5.85. The summed E-state index contributed by atoms with van der Waals surface area (Å²) in [5, 5.41) is 10.9. The van der Waals surface area contributed by atoms with E-state index in [0.29, 0.717) is 5.91 Å². The number of nitrogens with zero attached hydrogens (tertiary/aromatic N) is 3. The number of carbonyl (C=O) groups is 1. The van der Waals surface area contributed by atoms with Crippen LogP contribution in [0.15, 0.2) is 18.2 Å². The van der Waals surface area contributed by atoms with Gasteiger partial charge in [-0.2, -0.15) is 0 Å². The van der Waals surface area contributed by atoms with Crippen LogP contribution >= 0.6 is 12.4 Å². The van der Waals surface area contributed by atoms with Crippen LogP contribution in [-0.2, 0) is 11.2 Å². The molecule has 1 saturated heterocycles. The standard InChI is InChI=1S/C15H17N3O3.ClH/c19-15(10-1-2-10)17-6-5-16-9-13(17)7-11-3-4-12(18(20)21)8-14(11)16;/h3-4,8,10,13H,1-2,5-7,9H2;1H. The summed E-state index contributed by atoms with van der Waals surface area (Å²) in [5.74, 6) is 0.569. The molecule has 0 spiro atoms. The lowest BCUT2D eigenvalue weighted by Gasteiger charge is -2.46. The van der Waals surface area contributed by atoms with Crippen LogP contribution < -0.4 is 4.90 Å². The molecule has 2 aliphatic heterocycles. The first-order chi connectivity index (χ1) is 10.1. The number of benzene rings is 1. The zero-order chi connectivity index (χ0) is 14.6. The number of amides is 1. The number of fused-ring (bicyclic) bond motifs is 4. The molecule has 4 rings (SSSR count). The van der Waals surface area contributed by atoms with Crippen LogP contribution in [0.4, 0.5) is 11.4 Å². The number of hydrogen-bond donors (Lipinski definition) is 0. The Morgan fingerprint density at radius 3 is 2.73 bits per heavy atom. The zero-order valence-electron chi connectivity index (χ0n) is 12.1. The van der Waals surface area contributed by atoms with Crippen LogP contribution in [0.1, 0.15) is 18.4 Å². The van der Waals surface area contributed by atoms with Crippen LogP contribution in [0.2, 0.25) is 0 Å². The molecule has 2 bridgehead atoms. The van der Waals surface area contributed by atoms with Crippen molar-refractivity contribution in [1.29, 1.82) is 0 Å². The number of anilines is 1. The normalized spacial score (nSPS) is 22.6. The number of non-ortho nitro benzene ring substituents is 1. The second-order valence-corrected chi connectivity index (χ2v) is 6.18. The van der Waals surface area contributed by atoms with Crippen molar-refractivity contribution in [2.45, 2.75) is 25.3 Å². The Bertz CT molecular complexity index is 632. The van der Waals surface area contributed by atoms with Gasteiger partial charge in [0.25, 0.3) is 5.69 Å². The summed E-state index contributed by atoms with van der Waals surface area (Å²) in [6, 6.07) is 5.30. The molecular formula is C15H18ClN3O3. The molecule has 7 heteroatoms. The van der Waals surface area contributed by atoms with Gasteiger partial charge >= 0.3 is 0 Å². The van der Waals surface area contributed by atoms with E-state index in [1.165, 1.54) is 0 Å². The average molecular weight is 324 g/mol. The largest absolute Gasteiger partial charge is 0.367 e. The Hall–Kier alpha value is -1.82. The summed E-state index contributed by atoms with van der Waals surface area (Å²) in [6.45, 7) is 2.30. The molecule has 1 aromatic rings. The molecule has 22 heavy (non-hydrogen) atoms. The molecule has 2 fully saturated rings. The Morgan fingerprint density at radius 2 is 2.05 bits per heavy atom. The second kappa shape index (κ2) is 5.43. The first-order valence-electron chi connectivity index (χ1n) is 7.46. The second-order valence-electron chi connectivity index (χ2n) is 6.18. The molecule has 1 atom stereocenters. The molecule has 0 aromatic heterocycles. The van der Waals surface area contributed by atoms with E-state index in [0.717, 1.165) is 50.1 Å². The summed E-state index contributed by atoms with van der Waals surface area (Å²) in [7, 11) is 0. The topological polar surface area (TPSA) is 66.7 Å². The summed E-state index contributed by atoms with van der Waals surface area (Å²) in [4.78, 5) is 27.1. The number of piperazine rings is 1. The quantitative estimate of drug-likeness (QED) is 0.616. The van der Waals surface area contributed by atoms with E-state index in [2.05, 4.69) is 4.90 Å². The maximum absolute atomic E-state index is 12.3. The van der Waals surface area contributed by atoms with Crippen molar-refractivity contribution in [3.05, 3.63) is 33.9 Å². The lowest BCUT2D eigenvalue weighted by molar-refractivity contribution is -0.384. The van der Waals surface area contributed by atoms with E-state index in [1.807, 2.05) is 11.0 Å². The minimum Gasteiger partial charge on any atom is -0.367 e. The highest BCUT2D eigenvalue weighted by atomic mass is 35.5. The zero-order valence-corrected chi connectivity index (χ0v) is 12.9. The minimum atomic E-state index is -0.348. The Morgan fingerprint density at radius 1 is 1.27 bits per heavy atom. The minimum absolute atomic E-state index is 0. The molecule has 118 valence electrons. The molecule has 0 N–H and O–H groups in total. The Labute approximate surface area is 134 Å². The van der Waals surface area contributed by atoms with Crippen molar-refractivity contribution in [2.75, 3.05) is 24.5 Å². The van der Waals surface area contributed by atoms with E-state index in [1.54, 1.807) is 12.1 Å². The van der Waals surface area contributed by atoms with Crippen LogP contribution in [0.25, 0.3) is 0 Å². The van der Waals surface area contributed by atoms with Crippen molar-refractivity contribution in [1.82, 2.24) is 4.90 Å². The lowest BCUT2D eigenvalue weighted by atomic mass is 9.94. The van der Waals surface area contributed by atoms with Gasteiger partial charge in [0.1, 0.15) is 0 Å². The molecule has 2 heterocycles. The number of hydrogen-bond acceptors (Lipinski definition) is 4. The molecule has 3 aliphatic rings. The highest BCUT2D eigenvalue weighted by Crippen LogP contribution is 2.37. The van der Waals surface area contributed by atoms with Gasteiger partial charge < -0.3 is 9.80 Å². The van der Waals surface area contributed by atoms with Crippen molar-refractivity contribution < 1.29 is 9.72 Å². The fourth-order valence-corrected chi connectivity index (χ4v) is 3.49. The number of rotatable bonds is 2. The first kappa shape index (κ1) is 15.1. The monoisotopic (exact) mass is 323 g/mol. The SMILES string of the molecule is Cl.O=C(C1CC1)N1CCN2CC1Cc1ccc([N+](=O)[O-])cc12. The molecule has 1 aromatic carbocycles. The van der Waals surface area contributed by atoms with Gasteiger partial charge in [-0.25, -0.2) is 0 Å². The fraction of sp³-hybridized carbons (Fsp3) is 0.533. The van der Waals surface area contributed by atoms with Crippen molar-refractivity contribution in [2.24, 2.45) is 5.92 Å². The maximum atomic E-state index is 12.3. The van der Waals surface area contributed by atoms with Crippen LogP contribution in [0.5, 0.6) is 0 Å². The number of halogens is 1. The summed E-state index contributed by atoms with van der Waals surface area (Å²) >= 11 is 0. The summed E-state index contributed by atoms with van der Waals surface area (Å²) in [6.07, 6.45) is 2.88. The molecule has 1 amide bonds. The third-order valence-electron chi connectivity index (χ3n) is 4.77. The van der Waals surface area contributed by atoms with Crippen molar-refractivity contribution in [3.8, 4) is 0 Å². The third-order valence-corrected chi connectivity index (χ3v) is 4.77. The molecule has 6 nitrogen and oxygen atoms in total. The van der Waals surface area contributed by atoms with E-state index in [-0.39, 0.29) is 35.0 Å². The van der Waals surface area contributed by atoms with Crippen molar-refractivity contribution in [3.63, 3.8) is 0 Å². The smallest absolute Gasteiger partial charge is 0.271 e.